The van der Waals surface area contributed by atoms with Crippen LogP contribution in [0.3, 0.4) is 0 Å². The predicted octanol–water partition coefficient (Wildman–Crippen LogP) is 5.13. The summed E-state index contributed by atoms with van der Waals surface area (Å²) in [6, 6.07) is 0. The molecule has 3 atom stereocenters. The van der Waals surface area contributed by atoms with E-state index in [9.17, 15) is 0 Å². The summed E-state index contributed by atoms with van der Waals surface area (Å²) >= 11 is 0. The predicted molar refractivity (Wildman–Crippen MR) is 68.9 cm³/mol. The third-order valence-electron chi connectivity index (χ3n) is 4.42. The molecule has 0 aromatic rings. The molecule has 1 aliphatic rings. The Balaban J connectivity index is 2.42. The Morgan fingerprint density at radius 1 is 1.00 bits per heavy atom. The van der Waals surface area contributed by atoms with Gasteiger partial charge in [-0.25, -0.2) is 0 Å². The lowest BCUT2D eigenvalue weighted by Crippen LogP contribution is -2.14. The van der Waals surface area contributed by atoms with Crippen LogP contribution in [0.15, 0.2) is 0 Å². The summed E-state index contributed by atoms with van der Waals surface area (Å²) in [4.78, 5) is 0. The molecule has 0 aromatic carbocycles. The normalized spacial score (nSPS) is 29.0. The van der Waals surface area contributed by atoms with E-state index >= 15 is 0 Å². The van der Waals surface area contributed by atoms with Crippen LogP contribution in [0.5, 0.6) is 0 Å². The highest BCUT2D eigenvalue weighted by Crippen LogP contribution is 2.42. The van der Waals surface area contributed by atoms with Gasteiger partial charge in [0.15, 0.2) is 0 Å². The van der Waals surface area contributed by atoms with Crippen molar-refractivity contribution in [2.75, 3.05) is 0 Å². The Morgan fingerprint density at radius 3 is 2.00 bits per heavy atom. The van der Waals surface area contributed by atoms with Crippen LogP contribution in [0.1, 0.15) is 66.7 Å². The van der Waals surface area contributed by atoms with E-state index in [1.54, 1.807) is 0 Å². The molecule has 0 heterocycles. The van der Waals surface area contributed by atoms with E-state index in [-0.39, 0.29) is 0 Å². The van der Waals surface area contributed by atoms with Gasteiger partial charge in [-0.1, -0.05) is 41.0 Å². The highest BCUT2D eigenvalue weighted by atomic mass is 14.4. The molecule has 1 rings (SSSR count). The summed E-state index contributed by atoms with van der Waals surface area (Å²) in [5.74, 6) is 4.87. The maximum absolute atomic E-state index is 2.40. The zero-order valence-corrected chi connectivity index (χ0v) is 11.4. The van der Waals surface area contributed by atoms with E-state index in [1.165, 1.54) is 32.1 Å². The number of hydrogen-bond donors (Lipinski definition) is 0. The van der Waals surface area contributed by atoms with E-state index in [0.717, 1.165) is 29.6 Å². The fraction of sp³-hybridized carbons (Fsp3) is 1.00. The topological polar surface area (TPSA) is 0 Å². The van der Waals surface area contributed by atoms with Crippen molar-refractivity contribution in [3.63, 3.8) is 0 Å². The smallest absolute Gasteiger partial charge is 0.0383 e. The van der Waals surface area contributed by atoms with Crippen molar-refractivity contribution in [1.82, 2.24) is 0 Å². The fourth-order valence-electron chi connectivity index (χ4n) is 3.38. The Labute approximate surface area is 96.8 Å². The SMILES string of the molecule is CCC(CC(C)C)C1CCC(C(C)C)C1. The van der Waals surface area contributed by atoms with Crippen molar-refractivity contribution < 1.29 is 0 Å². The van der Waals surface area contributed by atoms with Crippen LogP contribution in [-0.4, -0.2) is 0 Å². The van der Waals surface area contributed by atoms with Gasteiger partial charge in [0.25, 0.3) is 0 Å². The van der Waals surface area contributed by atoms with Crippen LogP contribution in [0.25, 0.3) is 0 Å². The minimum Gasteiger partial charge on any atom is -0.0651 e. The molecule has 3 unspecified atom stereocenters. The molecule has 1 aliphatic carbocycles. The van der Waals surface area contributed by atoms with Crippen molar-refractivity contribution in [3.8, 4) is 0 Å². The minimum absolute atomic E-state index is 0.882. The van der Waals surface area contributed by atoms with Crippen molar-refractivity contribution in [2.24, 2.45) is 29.6 Å². The molecule has 0 N–H and O–H groups in total. The molecule has 0 amide bonds. The highest BCUT2D eigenvalue weighted by Gasteiger charge is 2.31. The molecule has 0 heteroatoms. The molecule has 1 saturated carbocycles. The van der Waals surface area contributed by atoms with Gasteiger partial charge in [-0.15, -0.1) is 0 Å². The molecular formula is C15H30. The van der Waals surface area contributed by atoms with Crippen molar-refractivity contribution in [1.29, 1.82) is 0 Å². The van der Waals surface area contributed by atoms with Gasteiger partial charge >= 0.3 is 0 Å². The molecule has 1 fully saturated rings. The van der Waals surface area contributed by atoms with Gasteiger partial charge in [0.1, 0.15) is 0 Å². The molecule has 15 heavy (non-hydrogen) atoms. The molecule has 0 aliphatic heterocycles. The van der Waals surface area contributed by atoms with Crippen LogP contribution in [-0.2, 0) is 0 Å². The molecule has 0 radical (unpaired) electrons. The maximum atomic E-state index is 2.40. The lowest BCUT2D eigenvalue weighted by Gasteiger charge is -2.24. The molecule has 90 valence electrons. The van der Waals surface area contributed by atoms with Crippen LogP contribution in [0.4, 0.5) is 0 Å². The van der Waals surface area contributed by atoms with E-state index in [0.29, 0.717) is 0 Å². The first kappa shape index (κ1) is 13.1. The zero-order chi connectivity index (χ0) is 11.4. The summed E-state index contributed by atoms with van der Waals surface area (Å²) in [5.41, 5.74) is 0. The zero-order valence-electron chi connectivity index (χ0n) is 11.4. The van der Waals surface area contributed by atoms with Gasteiger partial charge in [-0.2, -0.15) is 0 Å². The monoisotopic (exact) mass is 210 g/mol. The van der Waals surface area contributed by atoms with E-state index in [1.807, 2.05) is 0 Å². The fourth-order valence-corrected chi connectivity index (χ4v) is 3.38. The van der Waals surface area contributed by atoms with Crippen molar-refractivity contribution in [2.45, 2.75) is 66.7 Å². The van der Waals surface area contributed by atoms with Gasteiger partial charge in [0, 0.05) is 0 Å². The van der Waals surface area contributed by atoms with Crippen LogP contribution >= 0.6 is 0 Å². The Kier molecular flexibility index (Phi) is 5.15. The molecule has 0 aromatic heterocycles. The first-order valence-electron chi connectivity index (χ1n) is 7.04. The van der Waals surface area contributed by atoms with Crippen molar-refractivity contribution >= 4 is 0 Å². The van der Waals surface area contributed by atoms with Crippen LogP contribution < -0.4 is 0 Å². The summed E-state index contributed by atoms with van der Waals surface area (Å²) in [5, 5.41) is 0. The van der Waals surface area contributed by atoms with Gasteiger partial charge in [-0.3, -0.25) is 0 Å². The van der Waals surface area contributed by atoms with E-state index < -0.39 is 0 Å². The van der Waals surface area contributed by atoms with Gasteiger partial charge < -0.3 is 0 Å². The number of hydrogen-bond acceptors (Lipinski definition) is 0. The average molecular weight is 210 g/mol. The molecule has 0 bridgehead atoms. The van der Waals surface area contributed by atoms with E-state index in [2.05, 4.69) is 34.6 Å². The lowest BCUT2D eigenvalue weighted by molar-refractivity contribution is 0.261. The van der Waals surface area contributed by atoms with E-state index in [4.69, 9.17) is 0 Å². The Morgan fingerprint density at radius 2 is 1.60 bits per heavy atom. The lowest BCUT2D eigenvalue weighted by atomic mass is 9.81. The molecular weight excluding hydrogens is 180 g/mol. The second-order valence-electron chi connectivity index (χ2n) is 6.38. The van der Waals surface area contributed by atoms with Gasteiger partial charge in [-0.05, 0) is 55.3 Å². The minimum atomic E-state index is 0.882. The Hall–Kier alpha value is 0. The third kappa shape index (κ3) is 3.81. The number of rotatable bonds is 5. The molecule has 0 spiro atoms. The Bertz CT molecular complexity index is 169. The first-order chi connectivity index (χ1) is 7.04. The summed E-state index contributed by atoms with van der Waals surface area (Å²) in [6.07, 6.45) is 7.37. The second kappa shape index (κ2) is 5.92. The highest BCUT2D eigenvalue weighted by molar-refractivity contribution is 4.82. The van der Waals surface area contributed by atoms with Gasteiger partial charge in [0.2, 0.25) is 0 Å². The average Bonchev–Trinajstić information content (AvgIpc) is 2.62. The third-order valence-corrected chi connectivity index (χ3v) is 4.42. The molecule has 0 saturated heterocycles. The summed E-state index contributed by atoms with van der Waals surface area (Å²) in [6.45, 7) is 11.9. The quantitative estimate of drug-likeness (QED) is 0.590. The standard InChI is InChI=1S/C15H30/c1-6-13(9-11(2)3)15-8-7-14(10-15)12(4)5/h11-15H,6-10H2,1-5H3. The second-order valence-corrected chi connectivity index (χ2v) is 6.38. The summed E-state index contributed by atoms with van der Waals surface area (Å²) in [7, 11) is 0. The van der Waals surface area contributed by atoms with Gasteiger partial charge in [0.05, 0.1) is 0 Å². The molecule has 0 nitrogen and oxygen atoms in total. The summed E-state index contributed by atoms with van der Waals surface area (Å²) < 4.78 is 0. The van der Waals surface area contributed by atoms with Crippen molar-refractivity contribution in [3.05, 3.63) is 0 Å². The largest absolute Gasteiger partial charge is 0.0651 e. The van der Waals surface area contributed by atoms with Crippen LogP contribution in [0.2, 0.25) is 0 Å². The maximum Gasteiger partial charge on any atom is -0.0383 e. The van der Waals surface area contributed by atoms with Crippen LogP contribution in [0, 0.1) is 29.6 Å². The first-order valence-corrected chi connectivity index (χ1v) is 7.04.